The standard InChI is InChI=1S/C13H13ClN4O2.C9H12N2O2.C4H2Cl2N2.Cl2/c1-20-13(19)10(6-9-4-2-3-5-15-9)18-12-7-11(14)16-8-17-12;1-13-9(12)8(10)6-7-4-2-3-5-11-7;5-3-1-4(6)8-2-7-3;1-2/h2-5,7-8,10H,6H2,1H3,(H,16,17,18);2-5,8H,6,10H2,1H3;1-2H;/t10-;8-;;/m11../s1. The van der Waals surface area contributed by atoms with Crippen LogP contribution in [0.4, 0.5) is 5.82 Å². The fraction of sp³-hybridized carbons (Fsp3) is 0.231. The number of pyridine rings is 2. The van der Waals surface area contributed by atoms with E-state index in [0.717, 1.165) is 11.4 Å². The van der Waals surface area contributed by atoms with Crippen LogP contribution < -0.4 is 11.1 Å². The number of ether oxygens (including phenoxy) is 2. The summed E-state index contributed by atoms with van der Waals surface area (Å²) in [4.78, 5) is 46.0. The number of nitrogens with one attached hydrogen (secondary N) is 1. The molecule has 17 heteroatoms. The topological polar surface area (TPSA) is 168 Å². The largest absolute Gasteiger partial charge is 0.468 e. The molecular weight excluding hydrogens is 666 g/mol. The van der Waals surface area contributed by atoms with Gasteiger partial charge in [0.25, 0.3) is 0 Å². The molecule has 12 nitrogen and oxygen atoms in total. The van der Waals surface area contributed by atoms with Crippen LogP contribution in [0, 0.1) is 0 Å². The van der Waals surface area contributed by atoms with Gasteiger partial charge in [0.1, 0.15) is 46.0 Å². The number of hydrogen-bond donors (Lipinski definition) is 2. The van der Waals surface area contributed by atoms with Crippen molar-refractivity contribution in [1.82, 2.24) is 29.9 Å². The van der Waals surface area contributed by atoms with Gasteiger partial charge >= 0.3 is 11.9 Å². The second-order valence-electron chi connectivity index (χ2n) is 7.79. The predicted octanol–water partition coefficient (Wildman–Crippen LogP) is 5.01. The van der Waals surface area contributed by atoms with E-state index in [9.17, 15) is 9.59 Å². The number of anilines is 1. The first kappa shape index (κ1) is 37.6. The van der Waals surface area contributed by atoms with Crippen molar-refractivity contribution in [2.45, 2.75) is 24.9 Å². The number of rotatable bonds is 8. The van der Waals surface area contributed by atoms with Crippen molar-refractivity contribution in [3.63, 3.8) is 0 Å². The third-order valence-electron chi connectivity index (χ3n) is 4.84. The summed E-state index contributed by atoms with van der Waals surface area (Å²) in [7, 11) is 10.9. The smallest absolute Gasteiger partial charge is 0.328 e. The maximum atomic E-state index is 11.8. The summed E-state index contributed by atoms with van der Waals surface area (Å²) in [5.41, 5.74) is 7.11. The van der Waals surface area contributed by atoms with Crippen molar-refractivity contribution in [3.05, 3.63) is 100 Å². The Hall–Kier alpha value is -3.39. The average molecular weight is 693 g/mol. The maximum absolute atomic E-state index is 11.8. The number of nitrogens with zero attached hydrogens (tertiary/aromatic N) is 6. The lowest BCUT2D eigenvalue weighted by Gasteiger charge is -2.16. The molecule has 0 fully saturated rings. The number of aromatic nitrogens is 6. The lowest BCUT2D eigenvalue weighted by Crippen LogP contribution is -2.33. The molecule has 4 aromatic rings. The number of nitrogens with two attached hydrogens (primary N) is 1. The first-order valence-electron chi connectivity index (χ1n) is 11.9. The lowest BCUT2D eigenvalue weighted by atomic mass is 10.1. The summed E-state index contributed by atoms with van der Waals surface area (Å²) in [6.45, 7) is 0. The van der Waals surface area contributed by atoms with Gasteiger partial charge in [-0.1, -0.05) is 46.9 Å². The molecule has 0 amide bonds. The quantitative estimate of drug-likeness (QED) is 0.187. The zero-order valence-electron chi connectivity index (χ0n) is 22.8. The van der Waals surface area contributed by atoms with Gasteiger partial charge in [-0.15, -0.1) is 0 Å². The van der Waals surface area contributed by atoms with Gasteiger partial charge in [0.15, 0.2) is 0 Å². The van der Waals surface area contributed by atoms with Crippen LogP contribution in [0.15, 0.2) is 73.6 Å². The second-order valence-corrected chi connectivity index (χ2v) is 8.95. The van der Waals surface area contributed by atoms with E-state index < -0.39 is 24.0 Å². The van der Waals surface area contributed by atoms with Gasteiger partial charge in [-0.25, -0.2) is 24.7 Å². The van der Waals surface area contributed by atoms with Gasteiger partial charge in [0.2, 0.25) is 0 Å². The molecule has 4 heterocycles. The molecule has 0 saturated heterocycles. The van der Waals surface area contributed by atoms with Gasteiger partial charge in [0, 0.05) is 70.5 Å². The molecule has 230 valence electrons. The van der Waals surface area contributed by atoms with Gasteiger partial charge in [-0.05, 0) is 24.3 Å². The summed E-state index contributed by atoms with van der Waals surface area (Å²) < 4.78 is 9.27. The molecule has 0 aliphatic heterocycles. The highest BCUT2D eigenvalue weighted by atomic mass is 36.5. The van der Waals surface area contributed by atoms with Crippen molar-refractivity contribution >= 4 is 74.3 Å². The van der Waals surface area contributed by atoms with Gasteiger partial charge in [-0.2, -0.15) is 0 Å². The van der Waals surface area contributed by atoms with E-state index in [-0.39, 0.29) is 0 Å². The van der Waals surface area contributed by atoms with Crippen molar-refractivity contribution in [3.8, 4) is 0 Å². The zero-order valence-corrected chi connectivity index (χ0v) is 26.6. The van der Waals surface area contributed by atoms with E-state index in [1.165, 1.54) is 39.0 Å². The van der Waals surface area contributed by atoms with E-state index in [4.69, 9.17) is 45.3 Å². The Morgan fingerprint density at radius 1 is 0.744 bits per heavy atom. The summed E-state index contributed by atoms with van der Waals surface area (Å²) in [6, 6.07) is 12.8. The van der Waals surface area contributed by atoms with Crippen molar-refractivity contribution in [1.29, 1.82) is 0 Å². The molecule has 0 unspecified atom stereocenters. The Morgan fingerprint density at radius 3 is 1.65 bits per heavy atom. The molecule has 0 spiro atoms. The minimum Gasteiger partial charge on any atom is -0.468 e. The first-order chi connectivity index (χ1) is 20.7. The Balaban J connectivity index is 0.000000344. The number of carbonyl (C=O) groups is 2. The van der Waals surface area contributed by atoms with Crippen LogP contribution in [-0.2, 0) is 31.9 Å². The Labute approximate surface area is 272 Å². The molecular formula is C26H27Cl5N8O4. The first-order valence-corrected chi connectivity index (χ1v) is 14.2. The van der Waals surface area contributed by atoms with E-state index in [2.05, 4.69) is 61.7 Å². The molecule has 0 aliphatic carbocycles. The number of methoxy groups -OCH3 is 2. The average Bonchev–Trinajstić information content (AvgIpc) is 3.02. The van der Waals surface area contributed by atoms with Crippen LogP contribution in [0.1, 0.15) is 11.4 Å². The van der Waals surface area contributed by atoms with E-state index in [1.807, 2.05) is 36.4 Å². The SMILES string of the molecule is COC(=O)[C@@H](Cc1ccccn1)Nc1cc(Cl)ncn1.COC(=O)[C@H](N)Cc1ccccn1.ClCl.Clc1cc(Cl)ncn1. The Bertz CT molecular complexity index is 1350. The molecule has 4 rings (SSSR count). The normalized spacial score (nSPS) is 11.0. The molecule has 3 N–H and O–H groups in total. The highest BCUT2D eigenvalue weighted by Crippen LogP contribution is 2.12. The molecule has 0 bridgehead atoms. The van der Waals surface area contributed by atoms with E-state index >= 15 is 0 Å². The zero-order chi connectivity index (χ0) is 32.0. The van der Waals surface area contributed by atoms with Gasteiger partial charge in [0.05, 0.1) is 14.2 Å². The Kier molecular flexibility index (Phi) is 19.4. The summed E-state index contributed by atoms with van der Waals surface area (Å²) in [5.74, 6) is -0.354. The summed E-state index contributed by atoms with van der Waals surface area (Å²) in [5, 5.41) is 4.00. The Morgan fingerprint density at radius 2 is 1.23 bits per heavy atom. The molecule has 0 radical (unpaired) electrons. The molecule has 4 aromatic heterocycles. The third kappa shape index (κ3) is 16.1. The van der Waals surface area contributed by atoms with Crippen molar-refractivity contribution in [2.24, 2.45) is 5.73 Å². The fourth-order valence-electron chi connectivity index (χ4n) is 2.95. The third-order valence-corrected chi connectivity index (χ3v) is 5.46. The number of hydrogen-bond acceptors (Lipinski definition) is 12. The van der Waals surface area contributed by atoms with Crippen molar-refractivity contribution in [2.75, 3.05) is 19.5 Å². The maximum Gasteiger partial charge on any atom is 0.328 e. The highest BCUT2D eigenvalue weighted by molar-refractivity contribution is 6.85. The molecule has 43 heavy (non-hydrogen) atoms. The van der Waals surface area contributed by atoms with Crippen LogP contribution in [0.5, 0.6) is 0 Å². The van der Waals surface area contributed by atoms with Crippen LogP contribution >= 0.6 is 56.5 Å². The number of halogens is 5. The fourth-order valence-corrected chi connectivity index (χ4v) is 3.44. The van der Waals surface area contributed by atoms with Crippen molar-refractivity contribution < 1.29 is 19.1 Å². The molecule has 0 saturated carbocycles. The van der Waals surface area contributed by atoms with E-state index in [0.29, 0.717) is 34.1 Å². The predicted molar refractivity (Wildman–Crippen MR) is 166 cm³/mol. The van der Waals surface area contributed by atoms with Crippen LogP contribution in [0.25, 0.3) is 0 Å². The lowest BCUT2D eigenvalue weighted by molar-refractivity contribution is -0.142. The summed E-state index contributed by atoms with van der Waals surface area (Å²) in [6.07, 6.45) is 6.76. The number of esters is 2. The monoisotopic (exact) mass is 690 g/mol. The summed E-state index contributed by atoms with van der Waals surface area (Å²) >= 11 is 16.6. The molecule has 0 aromatic carbocycles. The van der Waals surface area contributed by atoms with Crippen LogP contribution in [-0.4, -0.2) is 68.1 Å². The van der Waals surface area contributed by atoms with Crippen LogP contribution in [0.3, 0.4) is 0 Å². The minimum absolute atomic E-state index is 0.295. The van der Waals surface area contributed by atoms with Gasteiger partial charge < -0.3 is 20.5 Å². The van der Waals surface area contributed by atoms with E-state index in [1.54, 1.807) is 12.4 Å². The minimum atomic E-state index is -0.625. The molecule has 2 atom stereocenters. The highest BCUT2D eigenvalue weighted by Gasteiger charge is 2.20. The molecule has 0 aliphatic rings. The van der Waals surface area contributed by atoms with Gasteiger partial charge in [-0.3, -0.25) is 14.8 Å². The van der Waals surface area contributed by atoms with Crippen LogP contribution in [0.2, 0.25) is 15.5 Å². The number of carbonyl (C=O) groups excluding carboxylic acids is 2. The second kappa shape index (κ2) is 22.2.